The number of piperidine rings is 2. The molecule has 0 saturated carbocycles. The van der Waals surface area contributed by atoms with Crippen LogP contribution in [0, 0.1) is 5.41 Å². The fourth-order valence-corrected chi connectivity index (χ4v) is 4.57. The summed E-state index contributed by atoms with van der Waals surface area (Å²) in [6.07, 6.45) is 3.38. The molecule has 3 heterocycles. The molecule has 0 aromatic carbocycles. The minimum Gasteiger partial charge on any atom is -0.391 e. The Morgan fingerprint density at radius 1 is 1.33 bits per heavy atom. The number of amides is 2. The zero-order valence-corrected chi connectivity index (χ0v) is 15.3. The van der Waals surface area contributed by atoms with Gasteiger partial charge in [0.05, 0.1) is 23.4 Å². The molecule has 0 radical (unpaired) electrons. The van der Waals surface area contributed by atoms with Crippen LogP contribution in [0.15, 0.2) is 11.7 Å². The fourth-order valence-electron chi connectivity index (χ4n) is 3.98. The second-order valence-corrected chi connectivity index (χ2v) is 8.52. The summed E-state index contributed by atoms with van der Waals surface area (Å²) in [6.45, 7) is 7.40. The number of rotatable bonds is 1. The lowest BCUT2D eigenvalue weighted by molar-refractivity contribution is -0.156. The van der Waals surface area contributed by atoms with Crippen LogP contribution >= 0.6 is 11.3 Å². The molecule has 1 N–H and O–H groups in total. The highest BCUT2D eigenvalue weighted by atomic mass is 32.1. The van der Waals surface area contributed by atoms with Gasteiger partial charge in [-0.25, -0.2) is 0 Å². The number of aliphatic hydroxyl groups excluding tert-OH is 1. The summed E-state index contributed by atoms with van der Waals surface area (Å²) in [7, 11) is 0. The third-order valence-corrected chi connectivity index (χ3v) is 6.53. The molecule has 2 fully saturated rings. The molecule has 1 aromatic heterocycles. The fraction of sp³-hybridized carbons (Fsp3) is 0.706. The van der Waals surface area contributed by atoms with Gasteiger partial charge in [-0.05, 0) is 38.5 Å². The lowest BCUT2D eigenvalue weighted by Crippen LogP contribution is -2.64. The van der Waals surface area contributed by atoms with Crippen LogP contribution in [0.3, 0.4) is 0 Å². The number of aromatic nitrogens is 1. The van der Waals surface area contributed by atoms with E-state index in [0.717, 1.165) is 12.8 Å². The molecule has 1 unspecified atom stereocenters. The van der Waals surface area contributed by atoms with Crippen LogP contribution in [0.25, 0.3) is 0 Å². The van der Waals surface area contributed by atoms with Crippen LogP contribution in [0.5, 0.6) is 0 Å². The summed E-state index contributed by atoms with van der Waals surface area (Å²) >= 11 is 1.36. The van der Waals surface area contributed by atoms with E-state index in [9.17, 15) is 14.7 Å². The zero-order valence-electron chi connectivity index (χ0n) is 14.5. The van der Waals surface area contributed by atoms with Gasteiger partial charge in [0.25, 0.3) is 5.91 Å². The number of nitrogens with zero attached hydrogens (tertiary/aromatic N) is 3. The Balaban J connectivity index is 1.71. The molecule has 132 valence electrons. The molecule has 24 heavy (non-hydrogen) atoms. The molecule has 2 saturated heterocycles. The second kappa shape index (κ2) is 6.11. The molecule has 1 aromatic rings. The van der Waals surface area contributed by atoms with E-state index >= 15 is 0 Å². The van der Waals surface area contributed by atoms with Crippen LogP contribution in [-0.4, -0.2) is 63.0 Å². The van der Waals surface area contributed by atoms with Crippen molar-refractivity contribution in [2.45, 2.75) is 51.7 Å². The van der Waals surface area contributed by atoms with E-state index in [2.05, 4.69) is 4.98 Å². The van der Waals surface area contributed by atoms with Crippen molar-refractivity contribution < 1.29 is 14.7 Å². The SMILES string of the molecule is CC(=O)N1CC2(CCN(C(=O)c3cncs3)CC2)CC(O)C1(C)C. The van der Waals surface area contributed by atoms with Gasteiger partial charge in [0.15, 0.2) is 0 Å². The van der Waals surface area contributed by atoms with Crippen molar-refractivity contribution in [3.8, 4) is 0 Å². The van der Waals surface area contributed by atoms with Crippen molar-refractivity contribution in [3.05, 3.63) is 16.6 Å². The number of hydrogen-bond donors (Lipinski definition) is 1. The van der Waals surface area contributed by atoms with Crippen LogP contribution in [0.2, 0.25) is 0 Å². The van der Waals surface area contributed by atoms with E-state index in [1.54, 1.807) is 18.6 Å². The number of aliphatic hydroxyl groups is 1. The van der Waals surface area contributed by atoms with E-state index in [0.29, 0.717) is 30.9 Å². The highest BCUT2D eigenvalue weighted by molar-refractivity contribution is 7.11. The van der Waals surface area contributed by atoms with Crippen molar-refractivity contribution in [2.75, 3.05) is 19.6 Å². The Labute approximate surface area is 146 Å². The van der Waals surface area contributed by atoms with E-state index in [4.69, 9.17) is 0 Å². The standard InChI is InChI=1S/C17H25N3O3S/c1-12(21)20-10-17(8-14(22)16(20,2)3)4-6-19(7-5-17)15(23)13-9-18-11-24-13/h9,11,14,22H,4-8,10H2,1-3H3. The first kappa shape index (κ1) is 17.4. The van der Waals surface area contributed by atoms with Gasteiger partial charge >= 0.3 is 0 Å². The first-order chi connectivity index (χ1) is 11.3. The van der Waals surface area contributed by atoms with Crippen LogP contribution < -0.4 is 0 Å². The first-order valence-corrected chi connectivity index (χ1v) is 9.27. The van der Waals surface area contributed by atoms with Crippen LogP contribution in [-0.2, 0) is 4.79 Å². The molecule has 7 heteroatoms. The lowest BCUT2D eigenvalue weighted by Gasteiger charge is -2.55. The summed E-state index contributed by atoms with van der Waals surface area (Å²) in [5.41, 5.74) is 1.04. The number of hydrogen-bond acceptors (Lipinski definition) is 5. The molecule has 2 aliphatic heterocycles. The zero-order chi connectivity index (χ0) is 17.5. The largest absolute Gasteiger partial charge is 0.391 e. The quantitative estimate of drug-likeness (QED) is 0.837. The molecule has 2 aliphatic rings. The van der Waals surface area contributed by atoms with Gasteiger partial charge in [0, 0.05) is 26.6 Å². The molecular weight excluding hydrogens is 326 g/mol. The molecular formula is C17H25N3O3S. The Kier molecular flexibility index (Phi) is 4.42. The number of likely N-dealkylation sites (tertiary alicyclic amines) is 2. The minimum absolute atomic E-state index is 0.00120. The summed E-state index contributed by atoms with van der Waals surface area (Å²) in [6, 6.07) is 0. The molecule has 1 spiro atoms. The van der Waals surface area contributed by atoms with E-state index in [1.165, 1.54) is 11.3 Å². The van der Waals surface area contributed by atoms with Crippen molar-refractivity contribution in [3.63, 3.8) is 0 Å². The van der Waals surface area contributed by atoms with Crippen molar-refractivity contribution in [2.24, 2.45) is 5.41 Å². The molecule has 6 nitrogen and oxygen atoms in total. The van der Waals surface area contributed by atoms with Gasteiger partial charge in [-0.2, -0.15) is 0 Å². The predicted octanol–water partition coefficient (Wildman–Crippen LogP) is 1.76. The third kappa shape index (κ3) is 2.95. The van der Waals surface area contributed by atoms with Crippen LogP contribution in [0.4, 0.5) is 0 Å². The maximum Gasteiger partial charge on any atom is 0.265 e. The van der Waals surface area contributed by atoms with Gasteiger partial charge < -0.3 is 14.9 Å². The molecule has 1 atom stereocenters. The average molecular weight is 351 g/mol. The first-order valence-electron chi connectivity index (χ1n) is 8.39. The van der Waals surface area contributed by atoms with Gasteiger partial charge in [0.2, 0.25) is 5.91 Å². The van der Waals surface area contributed by atoms with Gasteiger partial charge in [-0.1, -0.05) is 0 Å². The third-order valence-electron chi connectivity index (χ3n) is 5.77. The minimum atomic E-state index is -0.543. The number of carbonyl (C=O) groups excluding carboxylic acids is 2. The van der Waals surface area contributed by atoms with E-state index in [-0.39, 0.29) is 17.2 Å². The maximum absolute atomic E-state index is 12.5. The van der Waals surface area contributed by atoms with E-state index < -0.39 is 11.6 Å². The molecule has 3 rings (SSSR count). The molecule has 0 aliphatic carbocycles. The monoisotopic (exact) mass is 351 g/mol. The van der Waals surface area contributed by atoms with Crippen molar-refractivity contribution in [1.82, 2.24) is 14.8 Å². The number of carbonyl (C=O) groups is 2. The normalized spacial score (nSPS) is 25.8. The maximum atomic E-state index is 12.5. The van der Waals surface area contributed by atoms with Crippen molar-refractivity contribution >= 4 is 23.2 Å². The number of thiazole rings is 1. The van der Waals surface area contributed by atoms with Gasteiger partial charge in [-0.3, -0.25) is 14.6 Å². The van der Waals surface area contributed by atoms with Gasteiger partial charge in [-0.15, -0.1) is 11.3 Å². The van der Waals surface area contributed by atoms with E-state index in [1.807, 2.05) is 23.6 Å². The average Bonchev–Trinajstić information content (AvgIpc) is 3.05. The highest BCUT2D eigenvalue weighted by Gasteiger charge is 2.50. The smallest absolute Gasteiger partial charge is 0.265 e. The second-order valence-electron chi connectivity index (χ2n) is 7.64. The predicted molar refractivity (Wildman–Crippen MR) is 91.8 cm³/mol. The molecule has 0 bridgehead atoms. The van der Waals surface area contributed by atoms with Crippen molar-refractivity contribution in [1.29, 1.82) is 0 Å². The Bertz CT molecular complexity index is 621. The lowest BCUT2D eigenvalue weighted by atomic mass is 9.67. The topological polar surface area (TPSA) is 73.7 Å². The highest BCUT2D eigenvalue weighted by Crippen LogP contribution is 2.45. The summed E-state index contributed by atoms with van der Waals surface area (Å²) < 4.78 is 0. The Hall–Kier alpha value is -1.47. The molecule has 2 amide bonds. The Morgan fingerprint density at radius 3 is 2.54 bits per heavy atom. The summed E-state index contributed by atoms with van der Waals surface area (Å²) in [5.74, 6) is 0.0359. The van der Waals surface area contributed by atoms with Crippen LogP contribution in [0.1, 0.15) is 49.7 Å². The summed E-state index contributed by atoms with van der Waals surface area (Å²) in [4.78, 5) is 32.8. The Morgan fingerprint density at radius 2 is 2.00 bits per heavy atom. The summed E-state index contributed by atoms with van der Waals surface area (Å²) in [5, 5.41) is 10.6. The van der Waals surface area contributed by atoms with Gasteiger partial charge in [0.1, 0.15) is 4.88 Å².